The summed E-state index contributed by atoms with van der Waals surface area (Å²) in [5, 5.41) is 8.83. The molecule has 0 aromatic carbocycles. The van der Waals surface area contributed by atoms with Gasteiger partial charge in [-0.05, 0) is 0 Å². The number of hydrogen-bond donors (Lipinski definition) is 1. The predicted molar refractivity (Wildman–Crippen MR) is 54.1 cm³/mol. The molecule has 0 fully saturated rings. The average molecular weight is 216 g/mol. The minimum atomic E-state index is -0.667. The predicted octanol–water partition coefficient (Wildman–Crippen LogP) is 0.253. The van der Waals surface area contributed by atoms with Crippen molar-refractivity contribution >= 4 is 5.97 Å². The first-order chi connectivity index (χ1) is 7.24. The Bertz CT molecular complexity index is 202. The number of ether oxygens (including phenoxy) is 3. The van der Waals surface area contributed by atoms with Gasteiger partial charge in [0.2, 0.25) is 0 Å². The molecule has 1 unspecified atom stereocenters. The Morgan fingerprint density at radius 2 is 2.13 bits per heavy atom. The van der Waals surface area contributed by atoms with E-state index in [9.17, 15) is 4.79 Å². The van der Waals surface area contributed by atoms with Gasteiger partial charge >= 0.3 is 5.97 Å². The van der Waals surface area contributed by atoms with E-state index in [1.54, 1.807) is 0 Å². The number of aliphatic hydroxyl groups is 1. The molecule has 0 amide bonds. The summed E-state index contributed by atoms with van der Waals surface area (Å²) in [6.45, 7) is 7.15. The molecule has 0 aliphatic heterocycles. The third kappa shape index (κ3) is 7.72. The average Bonchev–Trinajstić information content (AvgIpc) is 2.26. The fourth-order valence-electron chi connectivity index (χ4n) is 0.742. The van der Waals surface area contributed by atoms with Crippen molar-refractivity contribution in [1.82, 2.24) is 0 Å². The summed E-state index contributed by atoms with van der Waals surface area (Å²) in [7, 11) is 0. The molecule has 5 nitrogen and oxygen atoms in total. The highest BCUT2D eigenvalue weighted by Crippen LogP contribution is 1.94. The van der Waals surface area contributed by atoms with Crippen LogP contribution >= 0.6 is 0 Å². The van der Waals surface area contributed by atoms with E-state index in [4.69, 9.17) is 19.3 Å². The van der Waals surface area contributed by atoms with Gasteiger partial charge in [0.05, 0.1) is 26.1 Å². The molecule has 0 radical (unpaired) electrons. The van der Waals surface area contributed by atoms with Crippen LogP contribution in [0.1, 0.15) is 0 Å². The second kappa shape index (κ2) is 9.23. The Labute approximate surface area is 88.9 Å². The van der Waals surface area contributed by atoms with Crippen molar-refractivity contribution in [3.05, 3.63) is 25.5 Å². The smallest absolute Gasteiger partial charge is 0.330 e. The molecule has 0 heterocycles. The molecule has 0 saturated heterocycles. The summed E-state index contributed by atoms with van der Waals surface area (Å²) >= 11 is 0. The molecule has 0 spiro atoms. The lowest BCUT2D eigenvalue weighted by molar-refractivity contribution is -0.148. The maximum absolute atomic E-state index is 10.8. The maximum atomic E-state index is 10.8. The van der Waals surface area contributed by atoms with Crippen molar-refractivity contribution in [3.8, 4) is 0 Å². The van der Waals surface area contributed by atoms with Crippen LogP contribution in [0.4, 0.5) is 0 Å². The normalized spacial score (nSPS) is 11.5. The van der Waals surface area contributed by atoms with E-state index >= 15 is 0 Å². The van der Waals surface area contributed by atoms with Gasteiger partial charge in [-0.1, -0.05) is 13.2 Å². The monoisotopic (exact) mass is 216 g/mol. The van der Waals surface area contributed by atoms with Crippen molar-refractivity contribution in [2.24, 2.45) is 0 Å². The highest BCUT2D eigenvalue weighted by molar-refractivity contribution is 5.81. The van der Waals surface area contributed by atoms with Gasteiger partial charge in [-0.2, -0.15) is 0 Å². The zero-order valence-electron chi connectivity index (χ0n) is 8.55. The SMILES string of the molecule is C=COCCOCC(CO)OC(=O)C=C. The number of carbonyl (C=O) groups is 1. The minimum absolute atomic E-state index is 0.122. The van der Waals surface area contributed by atoms with Gasteiger partial charge in [-0.15, -0.1) is 0 Å². The molecule has 15 heavy (non-hydrogen) atoms. The van der Waals surface area contributed by atoms with Gasteiger partial charge in [0.25, 0.3) is 0 Å². The van der Waals surface area contributed by atoms with Crippen molar-refractivity contribution in [3.63, 3.8) is 0 Å². The quantitative estimate of drug-likeness (QED) is 0.259. The Morgan fingerprint density at radius 1 is 1.40 bits per heavy atom. The molecular formula is C10H16O5. The zero-order chi connectivity index (χ0) is 11.5. The molecule has 86 valence electrons. The Morgan fingerprint density at radius 3 is 2.67 bits per heavy atom. The summed E-state index contributed by atoms with van der Waals surface area (Å²) in [5.74, 6) is -0.583. The van der Waals surface area contributed by atoms with Gasteiger partial charge in [0.15, 0.2) is 0 Å². The van der Waals surface area contributed by atoms with E-state index in [1.165, 1.54) is 6.26 Å². The Balaban J connectivity index is 3.56. The van der Waals surface area contributed by atoms with Crippen LogP contribution in [-0.4, -0.2) is 43.6 Å². The second-order valence-corrected chi connectivity index (χ2v) is 2.56. The van der Waals surface area contributed by atoms with Crippen molar-refractivity contribution in [2.45, 2.75) is 6.10 Å². The summed E-state index contributed by atoms with van der Waals surface area (Å²) in [6, 6.07) is 0. The molecule has 0 aromatic heterocycles. The first-order valence-corrected chi connectivity index (χ1v) is 4.48. The highest BCUT2D eigenvalue weighted by atomic mass is 16.6. The molecule has 0 saturated carbocycles. The molecule has 0 aliphatic carbocycles. The lowest BCUT2D eigenvalue weighted by Crippen LogP contribution is -2.27. The third-order valence-electron chi connectivity index (χ3n) is 1.42. The first kappa shape index (κ1) is 13.7. The number of esters is 1. The lowest BCUT2D eigenvalue weighted by atomic mass is 10.4. The van der Waals surface area contributed by atoms with E-state index in [0.29, 0.717) is 13.2 Å². The van der Waals surface area contributed by atoms with Gasteiger partial charge in [0, 0.05) is 6.08 Å². The van der Waals surface area contributed by atoms with E-state index in [0.717, 1.165) is 6.08 Å². The van der Waals surface area contributed by atoms with Crippen LogP contribution in [0.5, 0.6) is 0 Å². The van der Waals surface area contributed by atoms with E-state index in [1.807, 2.05) is 0 Å². The Kier molecular flexibility index (Phi) is 8.42. The lowest BCUT2D eigenvalue weighted by Gasteiger charge is -2.14. The number of aliphatic hydroxyl groups excluding tert-OH is 1. The number of hydrogen-bond acceptors (Lipinski definition) is 5. The van der Waals surface area contributed by atoms with Crippen molar-refractivity contribution in [1.29, 1.82) is 0 Å². The fraction of sp³-hybridized carbons (Fsp3) is 0.500. The summed E-state index contributed by atoms with van der Waals surface area (Å²) < 4.78 is 14.7. The molecule has 1 N–H and O–H groups in total. The number of rotatable bonds is 9. The molecule has 0 bridgehead atoms. The molecule has 1 atom stereocenters. The molecule has 0 aromatic rings. The third-order valence-corrected chi connectivity index (χ3v) is 1.42. The largest absolute Gasteiger partial charge is 0.499 e. The minimum Gasteiger partial charge on any atom is -0.499 e. The van der Waals surface area contributed by atoms with Crippen LogP contribution < -0.4 is 0 Å². The topological polar surface area (TPSA) is 65.0 Å². The first-order valence-electron chi connectivity index (χ1n) is 4.48. The maximum Gasteiger partial charge on any atom is 0.330 e. The summed E-state index contributed by atoms with van der Waals surface area (Å²) in [6.07, 6.45) is 1.67. The van der Waals surface area contributed by atoms with Gasteiger partial charge in [-0.25, -0.2) is 4.79 Å². The van der Waals surface area contributed by atoms with E-state index in [2.05, 4.69) is 13.2 Å². The Hall–Kier alpha value is -1.33. The fourth-order valence-corrected chi connectivity index (χ4v) is 0.742. The van der Waals surface area contributed by atoms with Crippen LogP contribution in [0.15, 0.2) is 25.5 Å². The van der Waals surface area contributed by atoms with Gasteiger partial charge < -0.3 is 19.3 Å². The van der Waals surface area contributed by atoms with Crippen molar-refractivity contribution < 1.29 is 24.1 Å². The van der Waals surface area contributed by atoms with Crippen molar-refractivity contribution in [2.75, 3.05) is 26.4 Å². The standard InChI is InChI=1S/C10H16O5/c1-3-10(12)15-9(7-11)8-14-6-5-13-4-2/h3-4,9,11H,1-2,5-8H2. The van der Waals surface area contributed by atoms with Crippen LogP contribution in [0.2, 0.25) is 0 Å². The van der Waals surface area contributed by atoms with Crippen LogP contribution in [0, 0.1) is 0 Å². The number of carbonyl (C=O) groups excluding carboxylic acids is 1. The van der Waals surface area contributed by atoms with Gasteiger partial charge in [-0.3, -0.25) is 0 Å². The molecule has 5 heteroatoms. The van der Waals surface area contributed by atoms with E-state index in [-0.39, 0.29) is 13.2 Å². The van der Waals surface area contributed by atoms with Crippen LogP contribution in [-0.2, 0) is 19.0 Å². The highest BCUT2D eigenvalue weighted by Gasteiger charge is 2.11. The zero-order valence-corrected chi connectivity index (χ0v) is 8.55. The van der Waals surface area contributed by atoms with Crippen LogP contribution in [0.25, 0.3) is 0 Å². The van der Waals surface area contributed by atoms with E-state index < -0.39 is 12.1 Å². The molecule has 0 rings (SSSR count). The van der Waals surface area contributed by atoms with Crippen LogP contribution in [0.3, 0.4) is 0 Å². The summed E-state index contributed by atoms with van der Waals surface area (Å²) in [5.41, 5.74) is 0. The molecule has 0 aliphatic rings. The second-order valence-electron chi connectivity index (χ2n) is 2.56. The molecular weight excluding hydrogens is 200 g/mol. The summed E-state index contributed by atoms with van der Waals surface area (Å²) in [4.78, 5) is 10.8. The van der Waals surface area contributed by atoms with Gasteiger partial charge in [0.1, 0.15) is 12.7 Å².